The second-order valence-corrected chi connectivity index (χ2v) is 4.81. The standard InChI is InChI=1S/C12H4Cl2F5NO/c13-6-3-7(14)11(21)20(4-6)10-8(15)1-5(2-9(10)16)12(17,18)19/h1-4H. The SMILES string of the molecule is O=c1c(Cl)cc(Cl)cn1-c1c(F)cc(C(F)(F)F)cc1F. The van der Waals surface area contributed by atoms with Gasteiger partial charge in [-0.3, -0.25) is 9.36 Å². The molecule has 1 heterocycles. The third kappa shape index (κ3) is 3.03. The van der Waals surface area contributed by atoms with E-state index in [1.165, 1.54) is 0 Å². The summed E-state index contributed by atoms with van der Waals surface area (Å²) >= 11 is 11.1. The molecule has 112 valence electrons. The maximum atomic E-state index is 13.8. The highest BCUT2D eigenvalue weighted by atomic mass is 35.5. The molecular weight excluding hydrogens is 340 g/mol. The van der Waals surface area contributed by atoms with Gasteiger partial charge >= 0.3 is 6.18 Å². The van der Waals surface area contributed by atoms with Crippen molar-refractivity contribution in [3.63, 3.8) is 0 Å². The Labute approximate surface area is 124 Å². The van der Waals surface area contributed by atoms with E-state index >= 15 is 0 Å². The first-order valence-corrected chi connectivity index (χ1v) is 6.01. The highest BCUT2D eigenvalue weighted by Crippen LogP contribution is 2.32. The Morgan fingerprint density at radius 3 is 2.00 bits per heavy atom. The van der Waals surface area contributed by atoms with Gasteiger partial charge in [0, 0.05) is 6.20 Å². The van der Waals surface area contributed by atoms with Crippen LogP contribution in [0.25, 0.3) is 5.69 Å². The van der Waals surface area contributed by atoms with Gasteiger partial charge in [0.1, 0.15) is 10.7 Å². The molecule has 0 N–H and O–H groups in total. The van der Waals surface area contributed by atoms with Crippen molar-refractivity contribution >= 4 is 23.2 Å². The molecule has 0 bridgehead atoms. The van der Waals surface area contributed by atoms with Gasteiger partial charge in [-0.15, -0.1) is 0 Å². The average Bonchev–Trinajstić information content (AvgIpc) is 2.32. The van der Waals surface area contributed by atoms with Crippen molar-refractivity contribution in [3.8, 4) is 5.69 Å². The molecule has 1 aromatic carbocycles. The molecule has 0 spiro atoms. The summed E-state index contributed by atoms with van der Waals surface area (Å²) in [5.41, 5.74) is -3.52. The van der Waals surface area contributed by atoms with E-state index < -0.39 is 39.6 Å². The van der Waals surface area contributed by atoms with Crippen molar-refractivity contribution < 1.29 is 22.0 Å². The minimum absolute atomic E-state index is 0.0830. The number of benzene rings is 1. The molecule has 1 aromatic heterocycles. The third-order valence-corrected chi connectivity index (χ3v) is 3.00. The average molecular weight is 344 g/mol. The fourth-order valence-electron chi connectivity index (χ4n) is 1.64. The van der Waals surface area contributed by atoms with Gasteiger partial charge in [0.2, 0.25) is 0 Å². The zero-order chi connectivity index (χ0) is 15.9. The van der Waals surface area contributed by atoms with Crippen molar-refractivity contribution in [1.29, 1.82) is 0 Å². The van der Waals surface area contributed by atoms with E-state index in [4.69, 9.17) is 23.2 Å². The zero-order valence-electron chi connectivity index (χ0n) is 9.81. The second kappa shape index (κ2) is 5.31. The van der Waals surface area contributed by atoms with Crippen molar-refractivity contribution in [2.75, 3.05) is 0 Å². The highest BCUT2D eigenvalue weighted by Gasteiger charge is 2.33. The van der Waals surface area contributed by atoms with Gasteiger partial charge in [-0.1, -0.05) is 23.2 Å². The molecule has 0 amide bonds. The van der Waals surface area contributed by atoms with E-state index in [1.54, 1.807) is 0 Å². The summed E-state index contributed by atoms with van der Waals surface area (Å²) in [6, 6.07) is 1.21. The topological polar surface area (TPSA) is 22.0 Å². The molecule has 0 radical (unpaired) electrons. The van der Waals surface area contributed by atoms with Gasteiger partial charge in [0.25, 0.3) is 5.56 Å². The number of aromatic nitrogens is 1. The molecule has 0 aliphatic rings. The second-order valence-electron chi connectivity index (χ2n) is 3.97. The van der Waals surface area contributed by atoms with Crippen LogP contribution in [0.5, 0.6) is 0 Å². The van der Waals surface area contributed by atoms with Gasteiger partial charge in [-0.05, 0) is 18.2 Å². The number of nitrogens with zero attached hydrogens (tertiary/aromatic N) is 1. The maximum absolute atomic E-state index is 13.8. The molecule has 0 fully saturated rings. The molecule has 0 saturated carbocycles. The van der Waals surface area contributed by atoms with Crippen LogP contribution in [0.1, 0.15) is 5.56 Å². The predicted octanol–water partition coefficient (Wildman–Crippen LogP) is 4.44. The fourth-order valence-corrected chi connectivity index (χ4v) is 2.11. The monoisotopic (exact) mass is 343 g/mol. The van der Waals surface area contributed by atoms with Gasteiger partial charge in [0.15, 0.2) is 11.6 Å². The van der Waals surface area contributed by atoms with Crippen LogP contribution in [-0.4, -0.2) is 4.57 Å². The van der Waals surface area contributed by atoms with Gasteiger partial charge in [-0.25, -0.2) is 8.78 Å². The predicted molar refractivity (Wildman–Crippen MR) is 67.0 cm³/mol. The molecule has 21 heavy (non-hydrogen) atoms. The van der Waals surface area contributed by atoms with E-state index in [1.807, 2.05) is 0 Å². The molecule has 0 aliphatic carbocycles. The van der Waals surface area contributed by atoms with Crippen LogP contribution >= 0.6 is 23.2 Å². The largest absolute Gasteiger partial charge is 0.416 e. The number of pyridine rings is 1. The summed E-state index contributed by atoms with van der Waals surface area (Å²) < 4.78 is 65.3. The van der Waals surface area contributed by atoms with Crippen molar-refractivity contribution in [2.24, 2.45) is 0 Å². The maximum Gasteiger partial charge on any atom is 0.416 e. The Kier molecular flexibility index (Phi) is 3.99. The van der Waals surface area contributed by atoms with Crippen LogP contribution in [0.3, 0.4) is 0 Å². The van der Waals surface area contributed by atoms with E-state index in [2.05, 4.69) is 0 Å². The van der Waals surface area contributed by atoms with Crippen LogP contribution < -0.4 is 5.56 Å². The van der Waals surface area contributed by atoms with E-state index in [0.29, 0.717) is 4.57 Å². The zero-order valence-corrected chi connectivity index (χ0v) is 11.3. The lowest BCUT2D eigenvalue weighted by Gasteiger charge is -2.12. The van der Waals surface area contributed by atoms with Crippen LogP contribution in [0.15, 0.2) is 29.2 Å². The van der Waals surface area contributed by atoms with E-state index in [0.717, 1.165) is 12.3 Å². The fraction of sp³-hybridized carbons (Fsp3) is 0.0833. The lowest BCUT2D eigenvalue weighted by Crippen LogP contribution is -2.21. The van der Waals surface area contributed by atoms with Crippen molar-refractivity contribution in [2.45, 2.75) is 6.18 Å². The van der Waals surface area contributed by atoms with Crippen LogP contribution in [0.2, 0.25) is 10.0 Å². The number of rotatable bonds is 1. The molecule has 2 nitrogen and oxygen atoms in total. The van der Waals surface area contributed by atoms with Gasteiger partial charge in [0.05, 0.1) is 10.6 Å². The Morgan fingerprint density at radius 2 is 1.52 bits per heavy atom. The summed E-state index contributed by atoms with van der Waals surface area (Å²) in [6.45, 7) is 0. The lowest BCUT2D eigenvalue weighted by molar-refractivity contribution is -0.138. The van der Waals surface area contributed by atoms with Gasteiger partial charge < -0.3 is 0 Å². The normalized spacial score (nSPS) is 11.8. The van der Waals surface area contributed by atoms with Crippen molar-refractivity contribution in [1.82, 2.24) is 4.57 Å². The number of alkyl halides is 3. The summed E-state index contributed by atoms with van der Waals surface area (Å²) in [4.78, 5) is 11.7. The Balaban J connectivity index is 2.75. The Morgan fingerprint density at radius 1 is 1.00 bits per heavy atom. The first kappa shape index (κ1) is 15.8. The first-order valence-electron chi connectivity index (χ1n) is 5.25. The van der Waals surface area contributed by atoms with Crippen LogP contribution in [0.4, 0.5) is 22.0 Å². The summed E-state index contributed by atoms with van der Waals surface area (Å²) in [5, 5.41) is -0.542. The Bertz CT molecular complexity index is 746. The summed E-state index contributed by atoms with van der Waals surface area (Å²) in [7, 11) is 0. The highest BCUT2D eigenvalue weighted by molar-refractivity contribution is 6.34. The minimum atomic E-state index is -4.92. The molecule has 2 aromatic rings. The molecule has 0 aliphatic heterocycles. The van der Waals surface area contributed by atoms with Crippen LogP contribution in [0, 0.1) is 11.6 Å². The van der Waals surface area contributed by atoms with Crippen LogP contribution in [-0.2, 0) is 6.18 Å². The van der Waals surface area contributed by atoms with E-state index in [9.17, 15) is 26.7 Å². The smallest absolute Gasteiger partial charge is 0.276 e. The molecule has 2 rings (SSSR count). The molecule has 0 saturated heterocycles. The molecule has 0 unspecified atom stereocenters. The number of hydrogen-bond acceptors (Lipinski definition) is 1. The lowest BCUT2D eigenvalue weighted by atomic mass is 10.1. The quantitative estimate of drug-likeness (QED) is 0.701. The summed E-state index contributed by atoms with van der Waals surface area (Å²) in [6.07, 6.45) is -4.07. The minimum Gasteiger partial charge on any atom is -0.276 e. The van der Waals surface area contributed by atoms with E-state index in [-0.39, 0.29) is 17.2 Å². The van der Waals surface area contributed by atoms with Crippen molar-refractivity contribution in [3.05, 3.63) is 62.0 Å². The number of halogens is 7. The third-order valence-electron chi connectivity index (χ3n) is 2.53. The Hall–Kier alpha value is -1.60. The summed E-state index contributed by atoms with van der Waals surface area (Å²) in [5.74, 6) is -3.13. The number of hydrogen-bond donors (Lipinski definition) is 0. The molecular formula is C12H4Cl2F5NO. The molecule has 9 heteroatoms. The first-order chi connectivity index (χ1) is 9.61. The van der Waals surface area contributed by atoms with Gasteiger partial charge in [-0.2, -0.15) is 13.2 Å². The molecule has 0 atom stereocenters.